The third kappa shape index (κ3) is 2.12. The molecule has 3 nitrogen and oxygen atoms in total. The standard InChI is InChI=1S/C16H14N2OS/c1-2-5-12(6-3-1)17-16-18(13-8-9-13)14(11-20-16)15-7-4-10-19-15/h1-7,10-11,13H,8-9H2. The predicted molar refractivity (Wildman–Crippen MR) is 79.9 cm³/mol. The number of rotatable bonds is 3. The summed E-state index contributed by atoms with van der Waals surface area (Å²) in [5.41, 5.74) is 2.13. The van der Waals surface area contributed by atoms with E-state index >= 15 is 0 Å². The first-order valence-electron chi connectivity index (χ1n) is 6.75. The van der Waals surface area contributed by atoms with Gasteiger partial charge in [0, 0.05) is 11.4 Å². The van der Waals surface area contributed by atoms with E-state index in [2.05, 4.69) is 9.95 Å². The monoisotopic (exact) mass is 282 g/mol. The minimum atomic E-state index is 0.573. The number of nitrogens with zero attached hydrogens (tertiary/aromatic N) is 2. The molecule has 1 saturated carbocycles. The summed E-state index contributed by atoms with van der Waals surface area (Å²) in [6.07, 6.45) is 4.18. The number of aromatic nitrogens is 1. The number of thiazole rings is 1. The van der Waals surface area contributed by atoms with Crippen molar-refractivity contribution in [2.75, 3.05) is 0 Å². The van der Waals surface area contributed by atoms with Crippen LogP contribution in [-0.4, -0.2) is 4.57 Å². The Bertz CT molecular complexity index is 764. The van der Waals surface area contributed by atoms with Crippen LogP contribution in [0.25, 0.3) is 11.5 Å². The maximum absolute atomic E-state index is 5.55. The van der Waals surface area contributed by atoms with E-state index in [1.54, 1.807) is 17.6 Å². The zero-order chi connectivity index (χ0) is 13.4. The molecule has 1 aromatic carbocycles. The predicted octanol–water partition coefficient (Wildman–Crippen LogP) is 4.38. The van der Waals surface area contributed by atoms with E-state index < -0.39 is 0 Å². The molecule has 2 aromatic heterocycles. The Hall–Kier alpha value is -2.07. The van der Waals surface area contributed by atoms with Gasteiger partial charge in [0.2, 0.25) is 0 Å². The van der Waals surface area contributed by atoms with Crippen molar-refractivity contribution in [1.82, 2.24) is 4.57 Å². The summed E-state index contributed by atoms with van der Waals surface area (Å²) in [5.74, 6) is 0.919. The molecule has 1 fully saturated rings. The average Bonchev–Trinajstić information content (AvgIpc) is 3.01. The van der Waals surface area contributed by atoms with Gasteiger partial charge in [0.25, 0.3) is 0 Å². The summed E-state index contributed by atoms with van der Waals surface area (Å²) >= 11 is 1.67. The molecule has 0 unspecified atom stereocenters. The number of benzene rings is 1. The van der Waals surface area contributed by atoms with E-state index in [0.29, 0.717) is 6.04 Å². The zero-order valence-electron chi connectivity index (χ0n) is 10.9. The summed E-state index contributed by atoms with van der Waals surface area (Å²) < 4.78 is 7.86. The Morgan fingerprint density at radius 1 is 1.10 bits per heavy atom. The lowest BCUT2D eigenvalue weighted by molar-refractivity contribution is 0.570. The number of hydrogen-bond donors (Lipinski definition) is 0. The maximum atomic E-state index is 5.55. The fourth-order valence-electron chi connectivity index (χ4n) is 2.31. The van der Waals surface area contributed by atoms with Crippen LogP contribution in [0.2, 0.25) is 0 Å². The van der Waals surface area contributed by atoms with E-state index in [1.165, 1.54) is 12.8 Å². The highest BCUT2D eigenvalue weighted by Gasteiger charge is 2.28. The number of furan rings is 1. The van der Waals surface area contributed by atoms with Gasteiger partial charge in [-0.15, -0.1) is 11.3 Å². The van der Waals surface area contributed by atoms with Crippen LogP contribution in [0, 0.1) is 0 Å². The quantitative estimate of drug-likeness (QED) is 0.701. The first kappa shape index (κ1) is 11.7. The highest BCUT2D eigenvalue weighted by Crippen LogP contribution is 2.38. The minimum Gasteiger partial charge on any atom is -0.463 e. The lowest BCUT2D eigenvalue weighted by atomic mass is 10.3. The molecule has 0 atom stereocenters. The summed E-state index contributed by atoms with van der Waals surface area (Å²) in [6.45, 7) is 0. The van der Waals surface area contributed by atoms with E-state index in [4.69, 9.17) is 9.41 Å². The lowest BCUT2D eigenvalue weighted by Gasteiger charge is -2.04. The Kier molecular flexibility index (Phi) is 2.81. The van der Waals surface area contributed by atoms with E-state index in [0.717, 1.165) is 21.9 Å². The first-order valence-corrected chi connectivity index (χ1v) is 7.63. The molecule has 1 aliphatic rings. The highest BCUT2D eigenvalue weighted by atomic mass is 32.1. The molecule has 0 aliphatic heterocycles. The first-order chi connectivity index (χ1) is 9.92. The Morgan fingerprint density at radius 3 is 2.65 bits per heavy atom. The summed E-state index contributed by atoms with van der Waals surface area (Å²) in [4.78, 5) is 5.82. The van der Waals surface area contributed by atoms with Crippen LogP contribution in [0.5, 0.6) is 0 Å². The van der Waals surface area contributed by atoms with Crippen LogP contribution < -0.4 is 4.80 Å². The number of para-hydroxylation sites is 1. The average molecular weight is 282 g/mol. The van der Waals surface area contributed by atoms with Gasteiger partial charge in [0.15, 0.2) is 10.6 Å². The van der Waals surface area contributed by atoms with Gasteiger partial charge in [-0.1, -0.05) is 18.2 Å². The van der Waals surface area contributed by atoms with Gasteiger partial charge in [-0.25, -0.2) is 4.99 Å². The fraction of sp³-hybridized carbons (Fsp3) is 0.188. The van der Waals surface area contributed by atoms with Crippen LogP contribution in [0.1, 0.15) is 18.9 Å². The second kappa shape index (κ2) is 4.80. The molecule has 4 rings (SSSR count). The molecule has 0 radical (unpaired) electrons. The van der Waals surface area contributed by atoms with E-state index in [1.807, 2.05) is 42.5 Å². The van der Waals surface area contributed by atoms with Gasteiger partial charge >= 0.3 is 0 Å². The highest BCUT2D eigenvalue weighted by molar-refractivity contribution is 7.07. The normalized spacial score (nSPS) is 15.7. The summed E-state index contributed by atoms with van der Waals surface area (Å²) in [5, 5.41) is 2.14. The second-order valence-electron chi connectivity index (χ2n) is 4.93. The van der Waals surface area contributed by atoms with E-state index in [-0.39, 0.29) is 0 Å². The van der Waals surface area contributed by atoms with Crippen molar-refractivity contribution in [2.24, 2.45) is 4.99 Å². The zero-order valence-corrected chi connectivity index (χ0v) is 11.7. The van der Waals surface area contributed by atoms with Gasteiger partial charge in [-0.2, -0.15) is 0 Å². The summed E-state index contributed by atoms with van der Waals surface area (Å²) in [7, 11) is 0. The van der Waals surface area contributed by atoms with Gasteiger partial charge in [-0.3, -0.25) is 0 Å². The van der Waals surface area contributed by atoms with Crippen LogP contribution in [-0.2, 0) is 0 Å². The Balaban J connectivity index is 1.87. The smallest absolute Gasteiger partial charge is 0.190 e. The maximum Gasteiger partial charge on any atom is 0.190 e. The topological polar surface area (TPSA) is 30.4 Å². The van der Waals surface area contributed by atoms with Gasteiger partial charge in [-0.05, 0) is 37.1 Å². The van der Waals surface area contributed by atoms with Gasteiger partial charge in [0.1, 0.15) is 0 Å². The Morgan fingerprint density at radius 2 is 1.95 bits per heavy atom. The number of hydrogen-bond acceptors (Lipinski definition) is 3. The second-order valence-corrected chi connectivity index (χ2v) is 5.77. The SMILES string of the molecule is c1ccc(N=c2scc(-c3ccco3)n2C2CC2)cc1. The molecule has 1 aliphatic carbocycles. The van der Waals surface area contributed by atoms with Crippen molar-refractivity contribution in [2.45, 2.75) is 18.9 Å². The molecule has 0 amide bonds. The molecule has 0 N–H and O–H groups in total. The third-order valence-corrected chi connectivity index (χ3v) is 4.25. The minimum absolute atomic E-state index is 0.573. The molecule has 20 heavy (non-hydrogen) atoms. The molecule has 100 valence electrons. The van der Waals surface area contributed by atoms with Crippen molar-refractivity contribution in [1.29, 1.82) is 0 Å². The molecule has 2 heterocycles. The van der Waals surface area contributed by atoms with Crippen molar-refractivity contribution in [3.8, 4) is 11.5 Å². The molecular formula is C16H14N2OS. The molecule has 4 heteroatoms. The van der Waals surface area contributed by atoms with Crippen LogP contribution in [0.4, 0.5) is 5.69 Å². The molecule has 3 aromatic rings. The van der Waals surface area contributed by atoms with Crippen LogP contribution >= 0.6 is 11.3 Å². The largest absolute Gasteiger partial charge is 0.463 e. The molecule has 0 bridgehead atoms. The van der Waals surface area contributed by atoms with Crippen molar-refractivity contribution >= 4 is 17.0 Å². The third-order valence-electron chi connectivity index (χ3n) is 3.41. The Labute approximate surface area is 120 Å². The van der Waals surface area contributed by atoms with Crippen molar-refractivity contribution in [3.63, 3.8) is 0 Å². The summed E-state index contributed by atoms with van der Waals surface area (Å²) in [6, 6.07) is 14.6. The van der Waals surface area contributed by atoms with Gasteiger partial charge in [0.05, 0.1) is 17.6 Å². The van der Waals surface area contributed by atoms with Crippen molar-refractivity contribution < 1.29 is 4.42 Å². The fourth-order valence-corrected chi connectivity index (χ4v) is 3.27. The molecular weight excluding hydrogens is 268 g/mol. The van der Waals surface area contributed by atoms with Gasteiger partial charge < -0.3 is 8.98 Å². The lowest BCUT2D eigenvalue weighted by Crippen LogP contribution is -2.14. The van der Waals surface area contributed by atoms with Crippen LogP contribution in [0.3, 0.4) is 0 Å². The van der Waals surface area contributed by atoms with Crippen LogP contribution in [0.15, 0.2) is 63.5 Å². The van der Waals surface area contributed by atoms with E-state index in [9.17, 15) is 0 Å². The molecule has 0 spiro atoms. The molecule has 0 saturated heterocycles. The van der Waals surface area contributed by atoms with Crippen molar-refractivity contribution in [3.05, 3.63) is 58.9 Å².